The number of carbonyl (C=O) groups excluding carboxylic acids is 4. The number of carbonyl (C=O) groups is 4. The number of hydrogen-bond acceptors (Lipinski definition) is 10. The second kappa shape index (κ2) is 15.2. The summed E-state index contributed by atoms with van der Waals surface area (Å²) in [5.74, 6) is -1.23. The van der Waals surface area contributed by atoms with Crippen LogP contribution in [-0.2, 0) is 35.0 Å². The van der Waals surface area contributed by atoms with E-state index in [1.807, 2.05) is 55.4 Å². The first-order valence-corrected chi connectivity index (χ1v) is 14.0. The molecule has 10 heteroatoms. The van der Waals surface area contributed by atoms with Crippen LogP contribution >= 0.6 is 0 Å². The SMILES string of the molecule is COC(=O)C(N)(Cc1ccc(OC(=O)CC(C)(C)C)c(OC(=O)CC(C)(C)C)c1)C[C@H](C)OC(=O)OCCC(C)C. The van der Waals surface area contributed by atoms with E-state index in [1.54, 1.807) is 13.0 Å². The average molecular weight is 580 g/mol. The lowest BCUT2D eigenvalue weighted by molar-refractivity contribution is -0.148. The summed E-state index contributed by atoms with van der Waals surface area (Å²) in [7, 11) is 1.22. The number of benzene rings is 1. The maximum Gasteiger partial charge on any atom is 0.508 e. The molecule has 2 N–H and O–H groups in total. The van der Waals surface area contributed by atoms with E-state index in [0.29, 0.717) is 17.9 Å². The van der Waals surface area contributed by atoms with Gasteiger partial charge in [0.05, 0.1) is 26.6 Å². The zero-order valence-corrected chi connectivity index (χ0v) is 26.4. The normalized spacial score (nSPS) is 14.0. The quantitative estimate of drug-likeness (QED) is 0.226. The van der Waals surface area contributed by atoms with Crippen molar-refractivity contribution < 1.29 is 42.9 Å². The van der Waals surface area contributed by atoms with Gasteiger partial charge >= 0.3 is 24.1 Å². The monoisotopic (exact) mass is 579 g/mol. The maximum absolute atomic E-state index is 12.8. The van der Waals surface area contributed by atoms with Crippen molar-refractivity contribution in [2.24, 2.45) is 22.5 Å². The van der Waals surface area contributed by atoms with Crippen LogP contribution in [0, 0.1) is 16.7 Å². The molecule has 0 aromatic heterocycles. The predicted octanol–water partition coefficient (Wildman–Crippen LogP) is 5.76. The highest BCUT2D eigenvalue weighted by Crippen LogP contribution is 2.33. The van der Waals surface area contributed by atoms with E-state index in [9.17, 15) is 19.2 Å². The number of nitrogens with two attached hydrogens (primary N) is 1. The minimum atomic E-state index is -1.59. The largest absolute Gasteiger partial charge is 0.508 e. The van der Waals surface area contributed by atoms with E-state index in [4.69, 9.17) is 29.4 Å². The fourth-order valence-corrected chi connectivity index (χ4v) is 3.94. The van der Waals surface area contributed by atoms with Gasteiger partial charge in [-0.25, -0.2) is 4.79 Å². The Hall–Kier alpha value is -3.14. The van der Waals surface area contributed by atoms with E-state index < -0.39 is 35.7 Å². The summed E-state index contributed by atoms with van der Waals surface area (Å²) in [6.07, 6.45) is -0.770. The highest BCUT2D eigenvalue weighted by atomic mass is 16.7. The van der Waals surface area contributed by atoms with Crippen molar-refractivity contribution in [1.29, 1.82) is 0 Å². The Bertz CT molecular complexity index is 1050. The minimum Gasteiger partial charge on any atom is -0.468 e. The van der Waals surface area contributed by atoms with Gasteiger partial charge in [0.2, 0.25) is 0 Å². The van der Waals surface area contributed by atoms with Gasteiger partial charge in [-0.1, -0.05) is 61.5 Å². The Morgan fingerprint density at radius 3 is 1.88 bits per heavy atom. The van der Waals surface area contributed by atoms with Gasteiger partial charge < -0.3 is 29.4 Å². The summed E-state index contributed by atoms with van der Waals surface area (Å²) in [4.78, 5) is 50.1. The van der Waals surface area contributed by atoms with Crippen molar-refractivity contribution in [1.82, 2.24) is 0 Å². The van der Waals surface area contributed by atoms with Crippen LogP contribution in [0.1, 0.15) is 93.6 Å². The van der Waals surface area contributed by atoms with Crippen molar-refractivity contribution in [3.8, 4) is 11.5 Å². The second-order valence-electron chi connectivity index (χ2n) is 13.4. The molecule has 0 aliphatic rings. The lowest BCUT2D eigenvalue weighted by Gasteiger charge is -2.29. The molecule has 2 atom stereocenters. The van der Waals surface area contributed by atoms with Crippen molar-refractivity contribution >= 4 is 24.1 Å². The molecule has 0 saturated carbocycles. The van der Waals surface area contributed by atoms with E-state index in [1.165, 1.54) is 19.2 Å². The third-order valence-corrected chi connectivity index (χ3v) is 5.78. The highest BCUT2D eigenvalue weighted by molar-refractivity contribution is 5.81. The van der Waals surface area contributed by atoms with Gasteiger partial charge in [0.15, 0.2) is 11.5 Å². The molecular weight excluding hydrogens is 530 g/mol. The second-order valence-corrected chi connectivity index (χ2v) is 13.4. The Morgan fingerprint density at radius 2 is 1.39 bits per heavy atom. The zero-order valence-electron chi connectivity index (χ0n) is 26.4. The molecule has 0 amide bonds. The van der Waals surface area contributed by atoms with Crippen LogP contribution < -0.4 is 15.2 Å². The first-order valence-electron chi connectivity index (χ1n) is 14.0. The number of rotatable bonds is 13. The highest BCUT2D eigenvalue weighted by Gasteiger charge is 2.38. The Balaban J connectivity index is 3.22. The van der Waals surface area contributed by atoms with Crippen molar-refractivity contribution in [3.05, 3.63) is 23.8 Å². The first-order chi connectivity index (χ1) is 18.7. The molecule has 0 saturated heterocycles. The van der Waals surface area contributed by atoms with Gasteiger partial charge in [0.25, 0.3) is 0 Å². The molecule has 0 heterocycles. The molecule has 1 aromatic rings. The van der Waals surface area contributed by atoms with Crippen molar-refractivity contribution in [3.63, 3.8) is 0 Å². The summed E-state index contributed by atoms with van der Waals surface area (Å²) < 4.78 is 26.5. The molecule has 1 rings (SSSR count). The van der Waals surface area contributed by atoms with Crippen LogP contribution in [0.2, 0.25) is 0 Å². The summed E-state index contributed by atoms with van der Waals surface area (Å²) in [5.41, 5.74) is 4.80. The molecule has 0 spiro atoms. The topological polar surface area (TPSA) is 140 Å². The molecule has 0 aliphatic heterocycles. The number of methoxy groups -OCH3 is 1. The van der Waals surface area contributed by atoms with Crippen molar-refractivity contribution in [2.75, 3.05) is 13.7 Å². The van der Waals surface area contributed by atoms with Gasteiger partial charge in [-0.2, -0.15) is 0 Å². The molecule has 232 valence electrons. The van der Waals surface area contributed by atoms with Gasteiger partial charge in [-0.3, -0.25) is 14.4 Å². The smallest absolute Gasteiger partial charge is 0.468 e. The standard InChI is InChI=1S/C31H49NO9/c1-20(2)13-14-38-28(36)39-21(3)16-31(32,27(35)37-10)17-22-11-12-23(40-25(33)18-29(4,5)6)24(15-22)41-26(34)19-30(7,8)9/h11-12,15,20-21H,13-14,16-19,32H2,1-10H3/t21-,31?/m0/s1. The molecule has 1 unspecified atom stereocenters. The van der Waals surface area contributed by atoms with Gasteiger partial charge in [-0.15, -0.1) is 0 Å². The summed E-state index contributed by atoms with van der Waals surface area (Å²) in [5, 5.41) is 0. The van der Waals surface area contributed by atoms with Gasteiger partial charge in [0, 0.05) is 12.8 Å². The molecule has 0 radical (unpaired) electrons. The molecule has 10 nitrogen and oxygen atoms in total. The number of ether oxygens (including phenoxy) is 5. The fraction of sp³-hybridized carbons (Fsp3) is 0.677. The Morgan fingerprint density at radius 1 is 0.854 bits per heavy atom. The van der Waals surface area contributed by atoms with Crippen LogP contribution in [0.5, 0.6) is 11.5 Å². The summed E-state index contributed by atoms with van der Waals surface area (Å²) in [6, 6.07) is 4.63. The maximum atomic E-state index is 12.8. The predicted molar refractivity (Wildman–Crippen MR) is 154 cm³/mol. The minimum absolute atomic E-state index is 0.0317. The van der Waals surface area contributed by atoms with E-state index in [2.05, 4.69) is 0 Å². The van der Waals surface area contributed by atoms with Crippen molar-refractivity contribution in [2.45, 2.75) is 106 Å². The van der Waals surface area contributed by atoms with Crippen LogP contribution in [0.15, 0.2) is 18.2 Å². The van der Waals surface area contributed by atoms with Crippen LogP contribution in [0.3, 0.4) is 0 Å². The third-order valence-electron chi connectivity index (χ3n) is 5.78. The molecule has 0 bridgehead atoms. The number of esters is 3. The van der Waals surface area contributed by atoms with Crippen LogP contribution in [-0.4, -0.2) is 49.4 Å². The third kappa shape index (κ3) is 14.4. The van der Waals surface area contributed by atoms with E-state index >= 15 is 0 Å². The molecule has 41 heavy (non-hydrogen) atoms. The zero-order chi connectivity index (χ0) is 31.6. The number of hydrogen-bond donors (Lipinski definition) is 1. The van der Waals surface area contributed by atoms with E-state index in [0.717, 1.165) is 0 Å². The van der Waals surface area contributed by atoms with E-state index in [-0.39, 0.29) is 54.6 Å². The summed E-state index contributed by atoms with van der Waals surface area (Å²) >= 11 is 0. The lowest BCUT2D eigenvalue weighted by Crippen LogP contribution is -2.53. The lowest BCUT2D eigenvalue weighted by atomic mass is 9.86. The molecule has 0 fully saturated rings. The molecule has 0 aliphatic carbocycles. The fourth-order valence-electron chi connectivity index (χ4n) is 3.94. The average Bonchev–Trinajstić information content (AvgIpc) is 2.77. The summed E-state index contributed by atoms with van der Waals surface area (Å²) in [6.45, 7) is 17.3. The van der Waals surface area contributed by atoms with Crippen LogP contribution in [0.25, 0.3) is 0 Å². The Kier molecular flexibility index (Phi) is 13.3. The van der Waals surface area contributed by atoms with Crippen LogP contribution in [0.4, 0.5) is 4.79 Å². The van der Waals surface area contributed by atoms with Gasteiger partial charge in [0.1, 0.15) is 11.6 Å². The molecule has 1 aromatic carbocycles. The Labute approximate surface area is 244 Å². The van der Waals surface area contributed by atoms with Gasteiger partial charge in [-0.05, 0) is 47.8 Å². The first kappa shape index (κ1) is 35.9. The molecular formula is C31H49NO9.